The number of aromatic hydroxyl groups is 1. The Kier molecular flexibility index (Phi) is 6.04. The molecule has 0 atom stereocenters. The van der Waals surface area contributed by atoms with Crippen molar-refractivity contribution in [2.45, 2.75) is 0 Å². The monoisotopic (exact) mass is 460 g/mol. The molecule has 0 aliphatic carbocycles. The molecule has 2 aromatic rings. The van der Waals surface area contributed by atoms with E-state index in [0.29, 0.717) is 25.1 Å². The molecule has 120 valence electrons. The van der Waals surface area contributed by atoms with Gasteiger partial charge in [-0.15, -0.1) is 0 Å². The van der Waals surface area contributed by atoms with Gasteiger partial charge in [-0.3, -0.25) is 4.79 Å². The van der Waals surface area contributed by atoms with Gasteiger partial charge in [-0.25, -0.2) is 5.43 Å². The summed E-state index contributed by atoms with van der Waals surface area (Å²) in [5.41, 5.74) is 3.16. The fourth-order valence-corrected chi connectivity index (χ4v) is 2.66. The zero-order valence-electron chi connectivity index (χ0n) is 11.8. The van der Waals surface area contributed by atoms with Gasteiger partial charge in [0, 0.05) is 19.5 Å². The number of nitrogens with zero attached hydrogens (tertiary/aromatic N) is 1. The molecule has 0 radical (unpaired) electrons. The highest BCUT2D eigenvalue weighted by Crippen LogP contribution is 2.39. The number of phenols is 1. The van der Waals surface area contributed by atoms with E-state index in [9.17, 15) is 9.90 Å². The summed E-state index contributed by atoms with van der Waals surface area (Å²) < 4.78 is 6.33. The van der Waals surface area contributed by atoms with E-state index in [0.717, 1.165) is 0 Å². The maximum Gasteiger partial charge on any atom is 0.271 e. The third-order valence-corrected chi connectivity index (χ3v) is 5.14. The van der Waals surface area contributed by atoms with Crippen LogP contribution < -0.4 is 10.2 Å². The van der Waals surface area contributed by atoms with E-state index in [-0.39, 0.29) is 11.5 Å². The summed E-state index contributed by atoms with van der Waals surface area (Å²) in [7, 11) is 1.44. The molecule has 0 fully saturated rings. The Morgan fingerprint density at radius 3 is 2.61 bits per heavy atom. The quantitative estimate of drug-likeness (QED) is 0.525. The number of methoxy groups -OCH3 is 1. The molecule has 0 bridgehead atoms. The number of phenolic OH excluding ortho intramolecular Hbond substituents is 1. The second kappa shape index (κ2) is 7.81. The third kappa shape index (κ3) is 4.25. The number of carbonyl (C=O) groups excluding carboxylic acids is 1. The van der Waals surface area contributed by atoms with Crippen LogP contribution in [0.1, 0.15) is 15.9 Å². The topological polar surface area (TPSA) is 70.9 Å². The first kappa shape index (κ1) is 17.8. The Morgan fingerprint density at radius 2 is 2.00 bits per heavy atom. The van der Waals surface area contributed by atoms with Gasteiger partial charge in [0.1, 0.15) is 0 Å². The predicted molar refractivity (Wildman–Crippen MR) is 96.6 cm³/mol. The molecule has 0 aromatic heterocycles. The van der Waals surface area contributed by atoms with Gasteiger partial charge in [0.25, 0.3) is 5.91 Å². The fourth-order valence-electron chi connectivity index (χ4n) is 1.71. The van der Waals surface area contributed by atoms with E-state index in [1.54, 1.807) is 30.3 Å². The standard InChI is InChI=1S/C15H11Br2ClN2O3/c1-23-12-6-11(16)13(17)10(14(12)21)7-19-20-15(22)8-2-4-9(18)5-3-8/h2-7,21H,1H3,(H,20,22)/b19-7-. The molecule has 5 nitrogen and oxygen atoms in total. The average Bonchev–Trinajstić information content (AvgIpc) is 2.54. The Hall–Kier alpha value is -1.57. The first-order chi connectivity index (χ1) is 10.9. The Labute approximate surface area is 154 Å². The van der Waals surface area contributed by atoms with Gasteiger partial charge in [-0.2, -0.15) is 5.10 Å². The van der Waals surface area contributed by atoms with Crippen molar-refractivity contribution in [3.63, 3.8) is 0 Å². The summed E-state index contributed by atoms with van der Waals surface area (Å²) in [6.45, 7) is 0. The highest BCUT2D eigenvalue weighted by Gasteiger charge is 2.14. The van der Waals surface area contributed by atoms with E-state index in [1.165, 1.54) is 13.3 Å². The number of amides is 1. The van der Waals surface area contributed by atoms with E-state index >= 15 is 0 Å². The third-order valence-electron chi connectivity index (χ3n) is 2.88. The van der Waals surface area contributed by atoms with E-state index in [4.69, 9.17) is 16.3 Å². The molecule has 0 aliphatic heterocycles. The van der Waals surface area contributed by atoms with Gasteiger partial charge in [0.05, 0.1) is 18.9 Å². The summed E-state index contributed by atoms with van der Waals surface area (Å²) >= 11 is 12.4. The highest BCUT2D eigenvalue weighted by atomic mass is 79.9. The lowest BCUT2D eigenvalue weighted by Crippen LogP contribution is -2.17. The maximum atomic E-state index is 11.9. The first-order valence-electron chi connectivity index (χ1n) is 6.28. The molecule has 2 aromatic carbocycles. The summed E-state index contributed by atoms with van der Waals surface area (Å²) in [5.74, 6) is -0.201. The van der Waals surface area contributed by atoms with Crippen molar-refractivity contribution in [2.24, 2.45) is 5.10 Å². The Balaban J connectivity index is 2.19. The van der Waals surface area contributed by atoms with Crippen molar-refractivity contribution in [3.05, 3.63) is 55.4 Å². The van der Waals surface area contributed by atoms with Crippen LogP contribution in [0.15, 0.2) is 44.4 Å². The molecule has 2 N–H and O–H groups in total. The van der Waals surface area contributed by atoms with E-state index in [1.807, 2.05) is 0 Å². The summed E-state index contributed by atoms with van der Waals surface area (Å²) in [6, 6.07) is 8.01. The van der Waals surface area contributed by atoms with Gasteiger partial charge in [0.15, 0.2) is 11.5 Å². The minimum absolute atomic E-state index is 0.0907. The maximum absolute atomic E-state index is 11.9. The minimum atomic E-state index is -0.393. The number of carbonyl (C=O) groups is 1. The largest absolute Gasteiger partial charge is 0.504 e. The van der Waals surface area contributed by atoms with Crippen molar-refractivity contribution in [2.75, 3.05) is 7.11 Å². The molecular weight excluding hydrogens is 451 g/mol. The zero-order valence-corrected chi connectivity index (χ0v) is 15.7. The van der Waals surface area contributed by atoms with Crippen LogP contribution in [0.4, 0.5) is 0 Å². The molecule has 0 unspecified atom stereocenters. The first-order valence-corrected chi connectivity index (χ1v) is 8.24. The minimum Gasteiger partial charge on any atom is -0.504 e. The van der Waals surface area contributed by atoms with Crippen LogP contribution in [0.2, 0.25) is 5.02 Å². The number of ether oxygens (including phenoxy) is 1. The van der Waals surface area contributed by atoms with Gasteiger partial charge in [0.2, 0.25) is 0 Å². The molecule has 1 amide bonds. The second-order valence-corrected chi connectivity index (χ2v) is 6.43. The van der Waals surface area contributed by atoms with Crippen LogP contribution >= 0.6 is 43.5 Å². The normalized spacial score (nSPS) is 10.8. The molecular formula is C15H11Br2ClN2O3. The number of benzene rings is 2. The highest BCUT2D eigenvalue weighted by molar-refractivity contribution is 9.13. The molecule has 0 saturated heterocycles. The Bertz CT molecular complexity index is 764. The Morgan fingerprint density at radius 1 is 1.35 bits per heavy atom. The molecule has 8 heteroatoms. The van der Waals surface area contributed by atoms with Gasteiger partial charge in [-0.05, 0) is 62.2 Å². The van der Waals surface area contributed by atoms with Crippen LogP contribution in [-0.4, -0.2) is 24.3 Å². The zero-order chi connectivity index (χ0) is 17.0. The van der Waals surface area contributed by atoms with Crippen LogP contribution in [-0.2, 0) is 0 Å². The average molecular weight is 463 g/mol. The summed E-state index contributed by atoms with van der Waals surface area (Å²) in [6.07, 6.45) is 1.32. The molecule has 0 aliphatic rings. The molecule has 2 rings (SSSR count). The number of hydrogen-bond donors (Lipinski definition) is 2. The number of rotatable bonds is 4. The number of nitrogens with one attached hydrogen (secondary N) is 1. The number of halogens is 3. The van der Waals surface area contributed by atoms with Crippen molar-refractivity contribution in [1.82, 2.24) is 5.43 Å². The van der Waals surface area contributed by atoms with Crippen molar-refractivity contribution < 1.29 is 14.6 Å². The van der Waals surface area contributed by atoms with Gasteiger partial charge < -0.3 is 9.84 Å². The molecule has 23 heavy (non-hydrogen) atoms. The van der Waals surface area contributed by atoms with Crippen molar-refractivity contribution in [1.29, 1.82) is 0 Å². The lowest BCUT2D eigenvalue weighted by Gasteiger charge is -2.09. The van der Waals surface area contributed by atoms with E-state index < -0.39 is 5.91 Å². The lowest BCUT2D eigenvalue weighted by molar-refractivity contribution is 0.0955. The van der Waals surface area contributed by atoms with Crippen LogP contribution in [0, 0.1) is 0 Å². The van der Waals surface area contributed by atoms with Crippen LogP contribution in [0.25, 0.3) is 0 Å². The smallest absolute Gasteiger partial charge is 0.271 e. The number of hydrazone groups is 1. The van der Waals surface area contributed by atoms with Crippen molar-refractivity contribution >= 4 is 55.6 Å². The van der Waals surface area contributed by atoms with E-state index in [2.05, 4.69) is 42.4 Å². The second-order valence-electron chi connectivity index (χ2n) is 4.34. The number of hydrogen-bond acceptors (Lipinski definition) is 4. The summed E-state index contributed by atoms with van der Waals surface area (Å²) in [5, 5.41) is 14.5. The summed E-state index contributed by atoms with van der Waals surface area (Å²) in [4.78, 5) is 11.9. The lowest BCUT2D eigenvalue weighted by atomic mass is 10.2. The van der Waals surface area contributed by atoms with Crippen LogP contribution in [0.3, 0.4) is 0 Å². The van der Waals surface area contributed by atoms with Gasteiger partial charge >= 0.3 is 0 Å². The molecule has 0 spiro atoms. The molecule has 0 saturated carbocycles. The van der Waals surface area contributed by atoms with Crippen molar-refractivity contribution in [3.8, 4) is 11.5 Å². The fraction of sp³-hybridized carbons (Fsp3) is 0.0667. The predicted octanol–water partition coefficient (Wildman–Crippen LogP) is 4.34. The molecule has 0 heterocycles. The van der Waals surface area contributed by atoms with Crippen LogP contribution in [0.5, 0.6) is 11.5 Å². The van der Waals surface area contributed by atoms with Gasteiger partial charge in [-0.1, -0.05) is 11.6 Å². The SMILES string of the molecule is COc1cc(Br)c(Br)c(/C=N\NC(=O)c2ccc(Cl)cc2)c1O.